The van der Waals surface area contributed by atoms with Gasteiger partial charge in [-0.25, -0.2) is 0 Å². The Balaban J connectivity index is 1.97. The maximum Gasteiger partial charge on any atom is 0.150 e. The molecule has 0 saturated carbocycles. The van der Waals surface area contributed by atoms with Crippen molar-refractivity contribution in [2.75, 3.05) is 0 Å². The van der Waals surface area contributed by atoms with Crippen molar-refractivity contribution in [2.45, 2.75) is 9.79 Å². The number of pyridine rings is 1. The largest absolute Gasteiger partial charge is 0.298 e. The second kappa shape index (κ2) is 6.37. The lowest BCUT2D eigenvalue weighted by molar-refractivity contribution is 0.112. The number of carbonyl (C=O) groups is 1. The molecule has 1 aromatic heterocycles. The second-order valence-corrected chi connectivity index (χ2v) is 5.64. The number of rotatable bonds is 4. The summed E-state index contributed by atoms with van der Waals surface area (Å²) in [6.07, 6.45) is 4.52. The van der Waals surface area contributed by atoms with Crippen molar-refractivity contribution >= 4 is 18.0 Å². The number of aldehydes is 1. The molecule has 3 rings (SSSR count). The van der Waals surface area contributed by atoms with E-state index in [4.69, 9.17) is 0 Å². The van der Waals surface area contributed by atoms with Crippen molar-refractivity contribution < 1.29 is 4.79 Å². The van der Waals surface area contributed by atoms with Crippen LogP contribution >= 0.6 is 11.8 Å². The highest BCUT2D eigenvalue weighted by atomic mass is 32.2. The van der Waals surface area contributed by atoms with Crippen LogP contribution in [0.25, 0.3) is 11.1 Å². The van der Waals surface area contributed by atoms with E-state index in [0.717, 1.165) is 22.3 Å². The average molecular weight is 291 g/mol. The molecule has 2 nitrogen and oxygen atoms in total. The monoisotopic (exact) mass is 291 g/mol. The van der Waals surface area contributed by atoms with E-state index in [1.54, 1.807) is 18.0 Å². The van der Waals surface area contributed by atoms with Gasteiger partial charge in [0.2, 0.25) is 0 Å². The van der Waals surface area contributed by atoms with Gasteiger partial charge in [0.1, 0.15) is 6.29 Å². The topological polar surface area (TPSA) is 30.0 Å². The van der Waals surface area contributed by atoms with E-state index in [0.29, 0.717) is 5.56 Å². The summed E-state index contributed by atoms with van der Waals surface area (Å²) in [6.45, 7) is 0. The molecular formula is C18H13NOS. The molecule has 3 heteroatoms. The third-order valence-electron chi connectivity index (χ3n) is 3.11. The molecule has 0 radical (unpaired) electrons. The molecule has 0 aliphatic carbocycles. The maximum absolute atomic E-state index is 10.7. The van der Waals surface area contributed by atoms with Gasteiger partial charge in [-0.3, -0.25) is 9.78 Å². The van der Waals surface area contributed by atoms with Crippen LogP contribution in [0.3, 0.4) is 0 Å². The molecule has 0 bridgehead atoms. The Kier molecular flexibility index (Phi) is 4.12. The summed E-state index contributed by atoms with van der Waals surface area (Å²) in [4.78, 5) is 17.3. The van der Waals surface area contributed by atoms with E-state index in [9.17, 15) is 4.79 Å². The predicted molar refractivity (Wildman–Crippen MR) is 85.6 cm³/mol. The fourth-order valence-corrected chi connectivity index (χ4v) is 3.00. The average Bonchev–Trinajstić information content (AvgIpc) is 2.56. The molecule has 21 heavy (non-hydrogen) atoms. The summed E-state index contributed by atoms with van der Waals surface area (Å²) in [5.41, 5.74) is 2.82. The van der Waals surface area contributed by atoms with Gasteiger partial charge in [-0.1, -0.05) is 54.2 Å². The maximum atomic E-state index is 10.7. The number of benzene rings is 2. The number of hydrogen-bond acceptors (Lipinski definition) is 3. The summed E-state index contributed by atoms with van der Waals surface area (Å²) in [5.74, 6) is 0. The molecule has 102 valence electrons. The lowest BCUT2D eigenvalue weighted by Gasteiger charge is -2.09. The van der Waals surface area contributed by atoms with Gasteiger partial charge >= 0.3 is 0 Å². The SMILES string of the molecule is O=Cc1ccc(-c2cnccc2Sc2ccccc2)cc1. The summed E-state index contributed by atoms with van der Waals surface area (Å²) < 4.78 is 0. The number of hydrogen-bond donors (Lipinski definition) is 0. The number of carbonyl (C=O) groups excluding carboxylic acids is 1. The normalized spacial score (nSPS) is 10.3. The van der Waals surface area contributed by atoms with E-state index in [2.05, 4.69) is 17.1 Å². The van der Waals surface area contributed by atoms with Crippen LogP contribution in [0, 0.1) is 0 Å². The Morgan fingerprint density at radius 2 is 1.67 bits per heavy atom. The Hall–Kier alpha value is -2.39. The van der Waals surface area contributed by atoms with E-state index >= 15 is 0 Å². The third-order valence-corrected chi connectivity index (χ3v) is 4.19. The van der Waals surface area contributed by atoms with Crippen LogP contribution in [0.1, 0.15) is 10.4 Å². The molecule has 0 N–H and O–H groups in total. The van der Waals surface area contributed by atoms with Crippen molar-refractivity contribution in [1.29, 1.82) is 0 Å². The first-order valence-electron chi connectivity index (χ1n) is 6.59. The molecule has 0 aliphatic heterocycles. The molecule has 2 aromatic carbocycles. The molecule has 3 aromatic rings. The Labute approximate surface area is 127 Å². The molecule has 0 amide bonds. The zero-order chi connectivity index (χ0) is 14.5. The summed E-state index contributed by atoms with van der Waals surface area (Å²) in [6, 6.07) is 19.8. The number of nitrogens with zero attached hydrogens (tertiary/aromatic N) is 1. The highest BCUT2D eigenvalue weighted by Gasteiger charge is 2.07. The molecule has 0 atom stereocenters. The van der Waals surface area contributed by atoms with Crippen molar-refractivity contribution in [1.82, 2.24) is 4.98 Å². The van der Waals surface area contributed by atoms with Gasteiger partial charge in [0.25, 0.3) is 0 Å². The Morgan fingerprint density at radius 3 is 2.38 bits per heavy atom. The molecular weight excluding hydrogens is 278 g/mol. The highest BCUT2D eigenvalue weighted by molar-refractivity contribution is 7.99. The van der Waals surface area contributed by atoms with Crippen LogP contribution in [0.5, 0.6) is 0 Å². The summed E-state index contributed by atoms with van der Waals surface area (Å²) in [7, 11) is 0. The summed E-state index contributed by atoms with van der Waals surface area (Å²) >= 11 is 1.71. The minimum absolute atomic E-state index is 0.680. The molecule has 0 unspecified atom stereocenters. The lowest BCUT2D eigenvalue weighted by Crippen LogP contribution is -1.86. The second-order valence-electron chi connectivity index (χ2n) is 4.53. The molecule has 1 heterocycles. The van der Waals surface area contributed by atoms with Gasteiger partial charge in [-0.05, 0) is 23.8 Å². The minimum Gasteiger partial charge on any atom is -0.298 e. The van der Waals surface area contributed by atoms with Gasteiger partial charge in [0, 0.05) is 33.3 Å². The van der Waals surface area contributed by atoms with Crippen LogP contribution in [0.2, 0.25) is 0 Å². The standard InChI is InChI=1S/C18H13NOS/c20-13-14-6-8-15(9-7-14)17-12-19-11-10-18(17)21-16-4-2-1-3-5-16/h1-13H. The van der Waals surface area contributed by atoms with Gasteiger partial charge in [0.05, 0.1) is 0 Å². The Morgan fingerprint density at radius 1 is 0.905 bits per heavy atom. The molecule has 0 saturated heterocycles. The lowest BCUT2D eigenvalue weighted by atomic mass is 10.1. The van der Waals surface area contributed by atoms with Gasteiger partial charge in [0.15, 0.2) is 0 Å². The molecule has 0 spiro atoms. The first kappa shape index (κ1) is 13.6. The minimum atomic E-state index is 0.680. The zero-order valence-corrected chi connectivity index (χ0v) is 12.1. The van der Waals surface area contributed by atoms with Crippen LogP contribution in [0.15, 0.2) is 82.8 Å². The van der Waals surface area contributed by atoms with E-state index in [-0.39, 0.29) is 0 Å². The smallest absolute Gasteiger partial charge is 0.150 e. The Bertz CT molecular complexity index is 739. The van der Waals surface area contributed by atoms with Crippen LogP contribution in [0.4, 0.5) is 0 Å². The van der Waals surface area contributed by atoms with Crippen LogP contribution in [-0.4, -0.2) is 11.3 Å². The predicted octanol–water partition coefficient (Wildman–Crippen LogP) is 4.71. The van der Waals surface area contributed by atoms with E-state index < -0.39 is 0 Å². The third kappa shape index (κ3) is 3.20. The van der Waals surface area contributed by atoms with Gasteiger partial charge in [-0.15, -0.1) is 0 Å². The first-order valence-corrected chi connectivity index (χ1v) is 7.41. The zero-order valence-electron chi connectivity index (χ0n) is 11.3. The van der Waals surface area contributed by atoms with Crippen LogP contribution in [-0.2, 0) is 0 Å². The van der Waals surface area contributed by atoms with Crippen molar-refractivity contribution in [3.8, 4) is 11.1 Å². The molecule has 0 fully saturated rings. The van der Waals surface area contributed by atoms with Gasteiger partial charge in [-0.2, -0.15) is 0 Å². The fraction of sp³-hybridized carbons (Fsp3) is 0. The molecule has 0 aliphatic rings. The van der Waals surface area contributed by atoms with E-state index in [1.165, 1.54) is 4.90 Å². The van der Waals surface area contributed by atoms with Crippen molar-refractivity contribution in [3.05, 3.63) is 78.6 Å². The van der Waals surface area contributed by atoms with Crippen LogP contribution < -0.4 is 0 Å². The van der Waals surface area contributed by atoms with Crippen molar-refractivity contribution in [3.63, 3.8) is 0 Å². The summed E-state index contributed by atoms with van der Waals surface area (Å²) in [5, 5.41) is 0. The fourth-order valence-electron chi connectivity index (χ4n) is 2.04. The number of aromatic nitrogens is 1. The van der Waals surface area contributed by atoms with E-state index in [1.807, 2.05) is 54.7 Å². The quantitative estimate of drug-likeness (QED) is 0.652. The van der Waals surface area contributed by atoms with Gasteiger partial charge < -0.3 is 0 Å². The van der Waals surface area contributed by atoms with Crippen molar-refractivity contribution in [2.24, 2.45) is 0 Å². The highest BCUT2D eigenvalue weighted by Crippen LogP contribution is 2.35. The first-order chi connectivity index (χ1) is 10.4.